The van der Waals surface area contributed by atoms with Crippen LogP contribution in [0.2, 0.25) is 0 Å². The zero-order valence-electron chi connectivity index (χ0n) is 18.9. The van der Waals surface area contributed by atoms with Crippen LogP contribution in [0.25, 0.3) is 5.65 Å². The Balaban J connectivity index is 1.38. The molecule has 2 aliphatic rings. The number of fused-ring (bicyclic) bond motifs is 1. The summed E-state index contributed by atoms with van der Waals surface area (Å²) in [5, 5.41) is 12.2. The first-order valence-corrected chi connectivity index (χ1v) is 11.3. The van der Waals surface area contributed by atoms with E-state index in [0.29, 0.717) is 37.5 Å². The first-order chi connectivity index (χ1) is 16.2. The Morgan fingerprint density at radius 1 is 1.12 bits per heavy atom. The lowest BCUT2D eigenvalue weighted by molar-refractivity contribution is -0.182. The summed E-state index contributed by atoms with van der Waals surface area (Å²) < 4.78 is 52.1. The normalized spacial score (nSPS) is 24.0. The molecule has 182 valence electrons. The lowest BCUT2D eigenvalue weighted by atomic mass is 9.80. The molecule has 0 radical (unpaired) electrons. The fourth-order valence-corrected chi connectivity index (χ4v) is 4.82. The number of amides is 1. The van der Waals surface area contributed by atoms with Gasteiger partial charge in [-0.2, -0.15) is 18.3 Å². The number of aryl methyl sites for hydroxylation is 2. The van der Waals surface area contributed by atoms with Crippen molar-refractivity contribution in [3.8, 4) is 0 Å². The standard InChI is InChI=1S/C22H25F3N6O3/c1-12-9-17(18-11-30(7-8-33-18)21(32)20-28-27-13(2)34-20)31-19(26-12)10-16(29-31)14-3-5-15(6-4-14)22(23,24)25/h9-10,14-15,18H,3-8,11H2,1-2H3/t14?,15?,18-/m1/s1. The molecule has 34 heavy (non-hydrogen) atoms. The fourth-order valence-electron chi connectivity index (χ4n) is 4.82. The molecule has 1 atom stereocenters. The van der Waals surface area contributed by atoms with Crippen LogP contribution in [0.5, 0.6) is 0 Å². The van der Waals surface area contributed by atoms with E-state index < -0.39 is 18.2 Å². The lowest BCUT2D eigenvalue weighted by Crippen LogP contribution is -2.43. The van der Waals surface area contributed by atoms with Crippen molar-refractivity contribution < 1.29 is 27.1 Å². The Kier molecular flexibility index (Phi) is 5.78. The summed E-state index contributed by atoms with van der Waals surface area (Å²) in [6.07, 6.45) is -3.50. The molecule has 1 amide bonds. The average molecular weight is 478 g/mol. The molecule has 4 heterocycles. The van der Waals surface area contributed by atoms with E-state index in [0.717, 1.165) is 17.1 Å². The second-order valence-corrected chi connectivity index (χ2v) is 8.99. The number of hydrogen-bond acceptors (Lipinski definition) is 7. The Bertz CT molecular complexity index is 1200. The number of halogens is 3. The van der Waals surface area contributed by atoms with E-state index in [1.54, 1.807) is 16.3 Å². The minimum absolute atomic E-state index is 0.0421. The Labute approximate surface area is 193 Å². The van der Waals surface area contributed by atoms with E-state index in [1.807, 2.05) is 19.1 Å². The highest BCUT2D eigenvalue weighted by Crippen LogP contribution is 2.42. The van der Waals surface area contributed by atoms with Crippen LogP contribution in [0.1, 0.15) is 71.4 Å². The number of carbonyl (C=O) groups excluding carboxylic acids is 1. The van der Waals surface area contributed by atoms with Crippen LogP contribution in [0.4, 0.5) is 13.2 Å². The molecule has 1 saturated carbocycles. The number of hydrogen-bond donors (Lipinski definition) is 0. The van der Waals surface area contributed by atoms with Gasteiger partial charge in [0.25, 0.3) is 0 Å². The van der Waals surface area contributed by atoms with E-state index in [9.17, 15) is 18.0 Å². The van der Waals surface area contributed by atoms with Crippen molar-refractivity contribution in [3.05, 3.63) is 41.0 Å². The van der Waals surface area contributed by atoms with Gasteiger partial charge in [0.1, 0.15) is 6.10 Å². The highest BCUT2D eigenvalue weighted by molar-refractivity contribution is 5.89. The smallest absolute Gasteiger partial charge is 0.391 e. The summed E-state index contributed by atoms with van der Waals surface area (Å²) in [5.74, 6) is -1.39. The van der Waals surface area contributed by atoms with Gasteiger partial charge in [-0.1, -0.05) is 0 Å². The molecule has 0 aromatic carbocycles. The zero-order valence-corrected chi connectivity index (χ0v) is 18.9. The molecular weight excluding hydrogens is 453 g/mol. The molecule has 5 rings (SSSR count). The third-order valence-corrected chi connectivity index (χ3v) is 6.60. The van der Waals surface area contributed by atoms with E-state index in [2.05, 4.69) is 15.2 Å². The van der Waals surface area contributed by atoms with Crippen LogP contribution in [-0.2, 0) is 4.74 Å². The average Bonchev–Trinajstić information content (AvgIpc) is 3.44. The minimum atomic E-state index is -4.14. The molecule has 0 spiro atoms. The van der Waals surface area contributed by atoms with Crippen LogP contribution in [0.3, 0.4) is 0 Å². The molecule has 0 unspecified atom stereocenters. The number of aromatic nitrogens is 5. The monoisotopic (exact) mass is 478 g/mol. The van der Waals surface area contributed by atoms with Gasteiger partial charge in [0.05, 0.1) is 30.5 Å². The maximum atomic E-state index is 13.1. The molecule has 1 aliphatic heterocycles. The van der Waals surface area contributed by atoms with E-state index in [1.165, 1.54) is 0 Å². The second-order valence-electron chi connectivity index (χ2n) is 8.99. The molecule has 1 aliphatic carbocycles. The van der Waals surface area contributed by atoms with Crippen molar-refractivity contribution in [1.29, 1.82) is 0 Å². The van der Waals surface area contributed by atoms with Gasteiger partial charge in [-0.3, -0.25) is 4.79 Å². The molecule has 12 heteroatoms. The van der Waals surface area contributed by atoms with Gasteiger partial charge < -0.3 is 14.1 Å². The summed E-state index contributed by atoms with van der Waals surface area (Å²) in [5.41, 5.74) is 2.85. The maximum absolute atomic E-state index is 13.1. The number of ether oxygens (including phenoxy) is 1. The Hall–Kier alpha value is -3.02. The van der Waals surface area contributed by atoms with Gasteiger partial charge in [-0.25, -0.2) is 9.50 Å². The lowest BCUT2D eigenvalue weighted by Gasteiger charge is -2.32. The van der Waals surface area contributed by atoms with Gasteiger partial charge in [0.2, 0.25) is 5.89 Å². The third-order valence-electron chi connectivity index (χ3n) is 6.60. The SMILES string of the molecule is Cc1cc([C@H]2CN(C(=O)c3nnc(C)o3)CCO2)n2nc(C3CCC(C(F)(F)F)CC3)cc2n1. The van der Waals surface area contributed by atoms with Crippen molar-refractivity contribution >= 4 is 11.6 Å². The first-order valence-electron chi connectivity index (χ1n) is 11.3. The molecule has 0 N–H and O–H groups in total. The Morgan fingerprint density at radius 3 is 2.56 bits per heavy atom. The summed E-state index contributed by atoms with van der Waals surface area (Å²) in [6.45, 7) is 4.45. The second kappa shape index (κ2) is 8.64. The maximum Gasteiger partial charge on any atom is 0.391 e. The van der Waals surface area contributed by atoms with Gasteiger partial charge in [0.15, 0.2) is 5.65 Å². The van der Waals surface area contributed by atoms with Gasteiger partial charge in [-0.05, 0) is 38.7 Å². The van der Waals surface area contributed by atoms with E-state index >= 15 is 0 Å². The van der Waals surface area contributed by atoms with Crippen LogP contribution < -0.4 is 0 Å². The summed E-state index contributed by atoms with van der Waals surface area (Å²) >= 11 is 0. The fraction of sp³-hybridized carbons (Fsp3) is 0.591. The molecule has 1 saturated heterocycles. The molecular formula is C22H25F3N6O3. The van der Waals surface area contributed by atoms with Crippen LogP contribution in [0, 0.1) is 19.8 Å². The zero-order chi connectivity index (χ0) is 24.0. The summed E-state index contributed by atoms with van der Waals surface area (Å²) in [4.78, 5) is 18.9. The number of morpholine rings is 1. The van der Waals surface area contributed by atoms with Crippen LogP contribution in [0.15, 0.2) is 16.5 Å². The number of alkyl halides is 3. The van der Waals surface area contributed by atoms with E-state index in [4.69, 9.17) is 14.3 Å². The minimum Gasteiger partial charge on any atom is -0.417 e. The largest absolute Gasteiger partial charge is 0.417 e. The highest BCUT2D eigenvalue weighted by Gasteiger charge is 2.42. The predicted octanol–water partition coefficient (Wildman–Crippen LogP) is 3.78. The summed E-state index contributed by atoms with van der Waals surface area (Å²) in [7, 11) is 0. The third kappa shape index (κ3) is 4.38. The topological polar surface area (TPSA) is 98.7 Å². The quantitative estimate of drug-likeness (QED) is 0.565. The molecule has 2 fully saturated rings. The summed E-state index contributed by atoms with van der Waals surface area (Å²) in [6, 6.07) is 3.71. The van der Waals surface area contributed by atoms with Crippen molar-refractivity contribution in [2.45, 2.75) is 57.7 Å². The predicted molar refractivity (Wildman–Crippen MR) is 112 cm³/mol. The Morgan fingerprint density at radius 2 is 1.88 bits per heavy atom. The molecule has 3 aromatic heterocycles. The van der Waals surface area contributed by atoms with E-state index in [-0.39, 0.29) is 37.1 Å². The van der Waals surface area contributed by atoms with Crippen molar-refractivity contribution in [1.82, 2.24) is 29.7 Å². The number of nitrogens with zero attached hydrogens (tertiary/aromatic N) is 6. The van der Waals surface area contributed by atoms with Crippen molar-refractivity contribution in [2.75, 3.05) is 19.7 Å². The van der Waals surface area contributed by atoms with Crippen LogP contribution in [-0.4, -0.2) is 61.5 Å². The van der Waals surface area contributed by atoms with Crippen LogP contribution >= 0.6 is 0 Å². The molecule has 9 nitrogen and oxygen atoms in total. The van der Waals surface area contributed by atoms with Crippen molar-refractivity contribution in [3.63, 3.8) is 0 Å². The highest BCUT2D eigenvalue weighted by atomic mass is 19.4. The molecule has 0 bridgehead atoms. The number of rotatable bonds is 3. The van der Waals surface area contributed by atoms with Gasteiger partial charge in [-0.15, -0.1) is 10.2 Å². The van der Waals surface area contributed by atoms with Crippen molar-refractivity contribution in [2.24, 2.45) is 5.92 Å². The number of carbonyl (C=O) groups is 1. The molecule has 3 aromatic rings. The first kappa shape index (κ1) is 22.8. The van der Waals surface area contributed by atoms with Gasteiger partial charge >= 0.3 is 18.0 Å². The van der Waals surface area contributed by atoms with Gasteiger partial charge in [0, 0.05) is 31.1 Å².